The summed E-state index contributed by atoms with van der Waals surface area (Å²) in [5.74, 6) is -1.09. The number of hydrogen-bond donors (Lipinski definition) is 3. The summed E-state index contributed by atoms with van der Waals surface area (Å²) in [5, 5.41) is 22.4. The van der Waals surface area contributed by atoms with Crippen LogP contribution >= 0.6 is 0 Å². The van der Waals surface area contributed by atoms with Crippen LogP contribution in [-0.4, -0.2) is 22.2 Å². The first-order valence-corrected chi connectivity index (χ1v) is 5.71. The van der Waals surface area contributed by atoms with Gasteiger partial charge in [-0.1, -0.05) is 12.2 Å². The molecule has 0 saturated heterocycles. The number of phenols is 1. The van der Waals surface area contributed by atoms with Crippen molar-refractivity contribution in [1.29, 1.82) is 0 Å². The molecule has 1 aliphatic carbocycles. The zero-order valence-corrected chi connectivity index (χ0v) is 9.18. The van der Waals surface area contributed by atoms with E-state index in [1.165, 1.54) is 6.07 Å². The van der Waals surface area contributed by atoms with Gasteiger partial charge >= 0.3 is 5.97 Å². The van der Waals surface area contributed by atoms with Crippen LogP contribution in [0.2, 0.25) is 0 Å². The summed E-state index contributed by atoms with van der Waals surface area (Å²) in [5.41, 5.74) is 1.56. The maximum Gasteiger partial charge on any atom is 0.339 e. The van der Waals surface area contributed by atoms with Crippen molar-refractivity contribution in [2.45, 2.75) is 24.8 Å². The molecule has 0 amide bonds. The molecule has 4 nitrogen and oxygen atoms in total. The van der Waals surface area contributed by atoms with Gasteiger partial charge in [0.15, 0.2) is 0 Å². The number of fused-ring (bicyclic) bond motifs is 3. The monoisotopic (exact) mass is 231 g/mol. The Morgan fingerprint density at radius 2 is 2.24 bits per heavy atom. The Morgan fingerprint density at radius 1 is 1.41 bits per heavy atom. The van der Waals surface area contributed by atoms with Crippen molar-refractivity contribution in [3.8, 4) is 5.75 Å². The van der Waals surface area contributed by atoms with Gasteiger partial charge in [-0.05, 0) is 25.0 Å². The Bertz CT molecular complexity index is 522. The highest BCUT2D eigenvalue weighted by Gasteiger charge is 2.35. The molecule has 0 saturated carbocycles. The Balaban J connectivity index is 2.15. The number of nitrogens with one attached hydrogen (secondary N) is 1. The Kier molecular flexibility index (Phi) is 2.11. The number of carboxylic acids is 1. The second kappa shape index (κ2) is 3.52. The lowest BCUT2D eigenvalue weighted by Crippen LogP contribution is -2.21. The standard InChI is InChI=1S/C13H13NO3/c15-12-8(13(16)17)5-6-10-11(12)7-3-1-2-4-9(7)14-10/h1,3,5-7,9,14-15H,2,4H2,(H,16,17). The highest BCUT2D eigenvalue weighted by atomic mass is 16.4. The van der Waals surface area contributed by atoms with Gasteiger partial charge in [-0.15, -0.1) is 0 Å². The molecule has 0 fully saturated rings. The average molecular weight is 231 g/mol. The van der Waals surface area contributed by atoms with Crippen LogP contribution in [0.1, 0.15) is 34.7 Å². The van der Waals surface area contributed by atoms with Gasteiger partial charge in [-0.25, -0.2) is 4.79 Å². The van der Waals surface area contributed by atoms with E-state index in [1.807, 2.05) is 0 Å². The summed E-state index contributed by atoms with van der Waals surface area (Å²) in [6, 6.07) is 3.47. The maximum absolute atomic E-state index is 11.0. The minimum atomic E-state index is -1.09. The Labute approximate surface area is 98.6 Å². The fourth-order valence-corrected chi connectivity index (χ4v) is 2.74. The van der Waals surface area contributed by atoms with E-state index in [1.54, 1.807) is 6.07 Å². The number of benzene rings is 1. The molecular formula is C13H13NO3. The third kappa shape index (κ3) is 1.40. The molecule has 17 heavy (non-hydrogen) atoms. The predicted molar refractivity (Wildman–Crippen MR) is 63.6 cm³/mol. The summed E-state index contributed by atoms with van der Waals surface area (Å²) in [6.45, 7) is 0. The first-order valence-electron chi connectivity index (χ1n) is 5.71. The summed E-state index contributed by atoms with van der Waals surface area (Å²) in [7, 11) is 0. The van der Waals surface area contributed by atoms with Crippen LogP contribution in [0, 0.1) is 0 Å². The molecule has 88 valence electrons. The van der Waals surface area contributed by atoms with E-state index in [4.69, 9.17) is 5.11 Å². The van der Waals surface area contributed by atoms with Crippen LogP contribution < -0.4 is 5.32 Å². The van der Waals surface area contributed by atoms with Crippen LogP contribution in [0.3, 0.4) is 0 Å². The molecule has 1 aromatic rings. The average Bonchev–Trinajstić information content (AvgIpc) is 2.67. The molecule has 1 aliphatic heterocycles. The molecule has 2 unspecified atom stereocenters. The van der Waals surface area contributed by atoms with Crippen molar-refractivity contribution in [3.05, 3.63) is 35.4 Å². The van der Waals surface area contributed by atoms with Gasteiger partial charge in [0.05, 0.1) is 0 Å². The molecule has 1 aromatic carbocycles. The van der Waals surface area contributed by atoms with Crippen LogP contribution in [-0.2, 0) is 0 Å². The van der Waals surface area contributed by atoms with Gasteiger partial charge in [0.2, 0.25) is 0 Å². The highest BCUT2D eigenvalue weighted by Crippen LogP contribution is 2.46. The lowest BCUT2D eigenvalue weighted by atomic mass is 9.87. The number of carboxylic acid groups (broad SMARTS) is 1. The van der Waals surface area contributed by atoms with E-state index in [9.17, 15) is 9.90 Å². The fraction of sp³-hybridized carbons (Fsp3) is 0.308. The quantitative estimate of drug-likeness (QED) is 0.649. The van der Waals surface area contributed by atoms with Gasteiger partial charge in [-0.2, -0.15) is 0 Å². The largest absolute Gasteiger partial charge is 0.507 e. The number of rotatable bonds is 1. The minimum Gasteiger partial charge on any atom is -0.507 e. The van der Waals surface area contributed by atoms with Gasteiger partial charge in [0.1, 0.15) is 11.3 Å². The third-order valence-corrected chi connectivity index (χ3v) is 3.54. The van der Waals surface area contributed by atoms with Gasteiger partial charge < -0.3 is 15.5 Å². The number of aromatic carboxylic acids is 1. The molecule has 3 rings (SSSR count). The number of aromatic hydroxyl groups is 1. The molecule has 0 aromatic heterocycles. The van der Waals surface area contributed by atoms with Crippen molar-refractivity contribution in [2.75, 3.05) is 5.32 Å². The first-order chi connectivity index (χ1) is 8.18. The van der Waals surface area contributed by atoms with E-state index < -0.39 is 5.97 Å². The third-order valence-electron chi connectivity index (χ3n) is 3.54. The maximum atomic E-state index is 11.0. The van der Waals surface area contributed by atoms with Crippen LogP contribution in [0.25, 0.3) is 0 Å². The molecule has 3 N–H and O–H groups in total. The molecular weight excluding hydrogens is 218 g/mol. The lowest BCUT2D eigenvalue weighted by molar-refractivity contribution is 0.0693. The predicted octanol–water partition coefficient (Wildman–Crippen LogP) is 2.32. The normalized spacial score (nSPS) is 24.9. The molecule has 4 heteroatoms. The van der Waals surface area contributed by atoms with E-state index >= 15 is 0 Å². The van der Waals surface area contributed by atoms with E-state index in [0.29, 0.717) is 0 Å². The Hall–Kier alpha value is -1.97. The smallest absolute Gasteiger partial charge is 0.339 e. The zero-order chi connectivity index (χ0) is 12.0. The minimum absolute atomic E-state index is 0.0230. The number of allylic oxidation sites excluding steroid dienone is 1. The highest BCUT2D eigenvalue weighted by molar-refractivity contribution is 5.93. The fourth-order valence-electron chi connectivity index (χ4n) is 2.74. The van der Waals surface area contributed by atoms with E-state index in [2.05, 4.69) is 17.5 Å². The van der Waals surface area contributed by atoms with Gasteiger partial charge in [-0.3, -0.25) is 0 Å². The van der Waals surface area contributed by atoms with Crippen LogP contribution in [0.15, 0.2) is 24.3 Å². The van der Waals surface area contributed by atoms with Gasteiger partial charge in [0, 0.05) is 23.2 Å². The number of hydrogen-bond acceptors (Lipinski definition) is 3. The van der Waals surface area contributed by atoms with Gasteiger partial charge in [0.25, 0.3) is 0 Å². The summed E-state index contributed by atoms with van der Waals surface area (Å²) in [6.07, 6.45) is 6.18. The molecule has 0 radical (unpaired) electrons. The number of carbonyl (C=O) groups is 1. The van der Waals surface area contributed by atoms with Crippen LogP contribution in [0.4, 0.5) is 5.69 Å². The first kappa shape index (κ1) is 10.2. The topological polar surface area (TPSA) is 69.6 Å². The summed E-state index contributed by atoms with van der Waals surface area (Å²) in [4.78, 5) is 11.0. The van der Waals surface area contributed by atoms with Crippen molar-refractivity contribution < 1.29 is 15.0 Å². The number of anilines is 1. The second-order valence-electron chi connectivity index (χ2n) is 4.51. The second-order valence-corrected chi connectivity index (χ2v) is 4.51. The van der Waals surface area contributed by atoms with Crippen molar-refractivity contribution in [3.63, 3.8) is 0 Å². The van der Waals surface area contributed by atoms with E-state index in [-0.39, 0.29) is 23.3 Å². The lowest BCUT2D eigenvalue weighted by Gasteiger charge is -2.20. The van der Waals surface area contributed by atoms with E-state index in [0.717, 1.165) is 24.1 Å². The Morgan fingerprint density at radius 3 is 3.00 bits per heavy atom. The van der Waals surface area contributed by atoms with Crippen LogP contribution in [0.5, 0.6) is 5.75 Å². The summed E-state index contributed by atoms with van der Waals surface area (Å²) < 4.78 is 0. The zero-order valence-electron chi connectivity index (χ0n) is 9.18. The van der Waals surface area contributed by atoms with Crippen molar-refractivity contribution >= 4 is 11.7 Å². The SMILES string of the molecule is O=C(O)c1ccc2c(c1O)C1C=CCCC1N2. The molecule has 2 atom stereocenters. The molecule has 0 bridgehead atoms. The molecule has 2 aliphatic rings. The summed E-state index contributed by atoms with van der Waals surface area (Å²) >= 11 is 0. The van der Waals surface area contributed by atoms with Crippen molar-refractivity contribution in [1.82, 2.24) is 0 Å². The molecule has 0 spiro atoms. The molecule has 1 heterocycles. The van der Waals surface area contributed by atoms with Crippen molar-refractivity contribution in [2.24, 2.45) is 0 Å².